The Kier molecular flexibility index (Phi) is 6.50. The molecular formula is C18H13Cl2N5O5. The summed E-state index contributed by atoms with van der Waals surface area (Å²) in [5.41, 5.74) is 4.20. The largest absolute Gasteiger partial charge is 0.493 e. The fraction of sp³-hybridized carbons (Fsp3) is 0.0556. The fourth-order valence-electron chi connectivity index (χ4n) is 2.36. The Labute approximate surface area is 179 Å². The number of ether oxygens (including phenoxy) is 2. The molecule has 2 aromatic carbocycles. The number of carbonyl (C=O) groups excluding carboxylic acids is 1. The van der Waals surface area contributed by atoms with Crippen LogP contribution in [0.1, 0.15) is 10.4 Å². The van der Waals surface area contributed by atoms with Crippen LogP contribution >= 0.6 is 23.2 Å². The standard InChI is InChI=1S/C18H13Cl2N5O5/c1-29-13-4-2-3-5-14(13)30-18-15(25(27)28)16(21-9-22-18)23-24-17(26)11-7-6-10(19)8-12(11)20/h2-9H,1H3,(H,24,26)(H,21,22,23). The van der Waals surface area contributed by atoms with Gasteiger partial charge in [-0.2, -0.15) is 4.98 Å². The predicted octanol–water partition coefficient (Wildman–Crippen LogP) is 4.25. The second-order valence-electron chi connectivity index (χ2n) is 5.59. The van der Waals surface area contributed by atoms with Gasteiger partial charge in [0.25, 0.3) is 5.91 Å². The highest BCUT2D eigenvalue weighted by atomic mass is 35.5. The average molecular weight is 450 g/mol. The number of aromatic nitrogens is 2. The number of nitrogens with one attached hydrogen (secondary N) is 2. The Morgan fingerprint density at radius 2 is 1.87 bits per heavy atom. The minimum absolute atomic E-state index is 0.107. The van der Waals surface area contributed by atoms with E-state index in [1.54, 1.807) is 24.3 Å². The molecular weight excluding hydrogens is 437 g/mol. The quantitative estimate of drug-likeness (QED) is 0.404. The van der Waals surface area contributed by atoms with Crippen LogP contribution in [0.5, 0.6) is 17.4 Å². The molecule has 0 atom stereocenters. The highest BCUT2D eigenvalue weighted by Gasteiger charge is 2.26. The van der Waals surface area contributed by atoms with Gasteiger partial charge in [0.15, 0.2) is 11.5 Å². The summed E-state index contributed by atoms with van der Waals surface area (Å²) in [6.07, 6.45) is 1.04. The number of nitrogens with zero attached hydrogens (tertiary/aromatic N) is 3. The summed E-state index contributed by atoms with van der Waals surface area (Å²) in [5, 5.41) is 12.1. The number of hydrogen-bond donors (Lipinski definition) is 2. The molecule has 3 rings (SSSR count). The van der Waals surface area contributed by atoms with Gasteiger partial charge in [-0.15, -0.1) is 0 Å². The number of hydrazine groups is 1. The molecule has 0 saturated carbocycles. The SMILES string of the molecule is COc1ccccc1Oc1ncnc(NNC(=O)c2ccc(Cl)cc2Cl)c1[N+](=O)[O-]. The zero-order valence-electron chi connectivity index (χ0n) is 15.3. The second-order valence-corrected chi connectivity index (χ2v) is 6.43. The predicted molar refractivity (Wildman–Crippen MR) is 109 cm³/mol. The van der Waals surface area contributed by atoms with Crippen LogP contribution in [0.3, 0.4) is 0 Å². The van der Waals surface area contributed by atoms with Crippen molar-refractivity contribution >= 4 is 40.6 Å². The number of anilines is 1. The number of rotatable bonds is 7. The molecule has 30 heavy (non-hydrogen) atoms. The molecule has 0 unspecified atom stereocenters. The van der Waals surface area contributed by atoms with E-state index < -0.39 is 16.5 Å². The first-order valence-corrected chi connectivity index (χ1v) is 8.98. The van der Waals surface area contributed by atoms with Crippen LogP contribution in [0.4, 0.5) is 11.5 Å². The molecule has 154 valence electrons. The molecule has 2 N–H and O–H groups in total. The van der Waals surface area contributed by atoms with Crippen LogP contribution in [0, 0.1) is 10.1 Å². The Morgan fingerprint density at radius 1 is 1.13 bits per heavy atom. The molecule has 0 fully saturated rings. The number of methoxy groups -OCH3 is 1. The topological polar surface area (TPSA) is 129 Å². The lowest BCUT2D eigenvalue weighted by molar-refractivity contribution is -0.385. The van der Waals surface area contributed by atoms with E-state index in [9.17, 15) is 14.9 Å². The zero-order chi connectivity index (χ0) is 21.7. The average Bonchev–Trinajstić information content (AvgIpc) is 2.72. The molecule has 0 saturated heterocycles. The van der Waals surface area contributed by atoms with Gasteiger partial charge < -0.3 is 9.47 Å². The van der Waals surface area contributed by atoms with Crippen molar-refractivity contribution in [3.8, 4) is 17.4 Å². The van der Waals surface area contributed by atoms with Crippen LogP contribution in [0.25, 0.3) is 0 Å². The van der Waals surface area contributed by atoms with E-state index in [0.29, 0.717) is 10.8 Å². The summed E-state index contributed by atoms with van der Waals surface area (Å²) in [7, 11) is 1.43. The van der Waals surface area contributed by atoms with E-state index in [-0.39, 0.29) is 28.0 Å². The Hall–Kier alpha value is -3.63. The molecule has 3 aromatic rings. The van der Waals surface area contributed by atoms with Gasteiger partial charge in [-0.05, 0) is 30.3 Å². The van der Waals surface area contributed by atoms with Crippen molar-refractivity contribution in [2.75, 3.05) is 12.5 Å². The fourth-order valence-corrected chi connectivity index (χ4v) is 2.85. The Morgan fingerprint density at radius 3 is 2.53 bits per heavy atom. The van der Waals surface area contributed by atoms with E-state index in [0.717, 1.165) is 6.33 Å². The number of nitro groups is 1. The van der Waals surface area contributed by atoms with Crippen LogP contribution < -0.4 is 20.3 Å². The first kappa shape index (κ1) is 21.1. The third-order valence-corrected chi connectivity index (χ3v) is 4.26. The number of para-hydroxylation sites is 2. The molecule has 0 aliphatic heterocycles. The summed E-state index contributed by atoms with van der Waals surface area (Å²) in [6, 6.07) is 10.8. The van der Waals surface area contributed by atoms with Crippen molar-refractivity contribution in [1.82, 2.24) is 15.4 Å². The molecule has 0 aliphatic carbocycles. The van der Waals surface area contributed by atoms with Gasteiger partial charge in [0.05, 0.1) is 22.6 Å². The number of hydrogen-bond acceptors (Lipinski definition) is 8. The molecule has 10 nitrogen and oxygen atoms in total. The third-order valence-electron chi connectivity index (χ3n) is 3.72. The minimum atomic E-state index is -0.742. The van der Waals surface area contributed by atoms with Gasteiger partial charge in [0.1, 0.15) is 6.33 Å². The third kappa shape index (κ3) is 4.67. The lowest BCUT2D eigenvalue weighted by Crippen LogP contribution is -2.30. The van der Waals surface area contributed by atoms with Crippen molar-refractivity contribution in [1.29, 1.82) is 0 Å². The van der Waals surface area contributed by atoms with E-state index >= 15 is 0 Å². The normalized spacial score (nSPS) is 10.2. The molecule has 1 amide bonds. The zero-order valence-corrected chi connectivity index (χ0v) is 16.8. The summed E-state index contributed by atoms with van der Waals surface area (Å²) in [4.78, 5) is 30.8. The smallest absolute Gasteiger partial charge is 0.374 e. The van der Waals surface area contributed by atoms with Gasteiger partial charge in [-0.25, -0.2) is 4.98 Å². The molecule has 0 radical (unpaired) electrons. The van der Waals surface area contributed by atoms with E-state index in [4.69, 9.17) is 32.7 Å². The maximum absolute atomic E-state index is 12.3. The Balaban J connectivity index is 1.86. The number of benzene rings is 2. The summed E-state index contributed by atoms with van der Waals surface area (Å²) >= 11 is 11.8. The number of halogens is 2. The molecule has 1 heterocycles. The second kappa shape index (κ2) is 9.25. The lowest BCUT2D eigenvalue weighted by Gasteiger charge is -2.12. The van der Waals surface area contributed by atoms with Gasteiger partial charge in [-0.1, -0.05) is 35.3 Å². The summed E-state index contributed by atoms with van der Waals surface area (Å²) in [5.74, 6) is -0.730. The van der Waals surface area contributed by atoms with Gasteiger partial charge in [0.2, 0.25) is 5.82 Å². The van der Waals surface area contributed by atoms with Crippen molar-refractivity contribution in [3.05, 3.63) is 74.5 Å². The van der Waals surface area contributed by atoms with Crippen LogP contribution in [0.2, 0.25) is 10.0 Å². The molecule has 0 aliphatic rings. The van der Waals surface area contributed by atoms with Crippen LogP contribution in [0.15, 0.2) is 48.8 Å². The summed E-state index contributed by atoms with van der Waals surface area (Å²) in [6.45, 7) is 0. The molecule has 0 spiro atoms. The maximum atomic E-state index is 12.3. The molecule has 1 aromatic heterocycles. The Bertz CT molecular complexity index is 1110. The van der Waals surface area contributed by atoms with Crippen molar-refractivity contribution in [3.63, 3.8) is 0 Å². The first-order chi connectivity index (χ1) is 14.4. The number of amides is 1. The molecule has 12 heteroatoms. The highest BCUT2D eigenvalue weighted by molar-refractivity contribution is 6.36. The summed E-state index contributed by atoms with van der Waals surface area (Å²) < 4.78 is 10.7. The van der Waals surface area contributed by atoms with Crippen molar-refractivity contribution in [2.24, 2.45) is 0 Å². The van der Waals surface area contributed by atoms with Crippen molar-refractivity contribution < 1.29 is 19.2 Å². The minimum Gasteiger partial charge on any atom is -0.493 e. The van der Waals surface area contributed by atoms with E-state index in [2.05, 4.69) is 20.8 Å². The van der Waals surface area contributed by atoms with Crippen LogP contribution in [-0.2, 0) is 0 Å². The maximum Gasteiger partial charge on any atom is 0.374 e. The van der Waals surface area contributed by atoms with E-state index in [1.165, 1.54) is 25.3 Å². The van der Waals surface area contributed by atoms with Gasteiger partial charge in [0, 0.05) is 5.02 Å². The lowest BCUT2D eigenvalue weighted by atomic mass is 10.2. The molecule has 0 bridgehead atoms. The van der Waals surface area contributed by atoms with Gasteiger partial charge >= 0.3 is 11.6 Å². The highest BCUT2D eigenvalue weighted by Crippen LogP contribution is 2.37. The van der Waals surface area contributed by atoms with Crippen molar-refractivity contribution in [2.45, 2.75) is 0 Å². The first-order valence-electron chi connectivity index (χ1n) is 8.22. The van der Waals surface area contributed by atoms with Gasteiger partial charge in [-0.3, -0.25) is 25.8 Å². The monoisotopic (exact) mass is 449 g/mol. The van der Waals surface area contributed by atoms with Crippen LogP contribution in [-0.4, -0.2) is 27.9 Å². The number of carbonyl (C=O) groups is 1. The van der Waals surface area contributed by atoms with E-state index in [1.807, 2.05) is 0 Å².